The van der Waals surface area contributed by atoms with Crippen LogP contribution in [0.5, 0.6) is 0 Å². The first-order chi connectivity index (χ1) is 8.78. The van der Waals surface area contributed by atoms with E-state index in [1.807, 2.05) is 33.8 Å². The van der Waals surface area contributed by atoms with Crippen LogP contribution in [0.25, 0.3) is 0 Å². The van der Waals surface area contributed by atoms with Gasteiger partial charge in [0.15, 0.2) is 0 Å². The van der Waals surface area contributed by atoms with Crippen molar-refractivity contribution in [1.82, 2.24) is 4.98 Å². The molecule has 0 atom stereocenters. The highest BCUT2D eigenvalue weighted by Gasteiger charge is 2.52. The van der Waals surface area contributed by atoms with E-state index in [2.05, 4.69) is 4.98 Å². The highest BCUT2D eigenvalue weighted by molar-refractivity contribution is 6.66. The number of pyridine rings is 1. The second-order valence-corrected chi connectivity index (χ2v) is 6.16. The predicted octanol–water partition coefficient (Wildman–Crippen LogP) is 1.54. The largest absolute Gasteiger partial charge is 0.498 e. The lowest BCUT2D eigenvalue weighted by atomic mass is 9.76. The molecule has 0 radical (unpaired) electrons. The molecule has 0 amide bonds. The minimum absolute atomic E-state index is 0.392. The van der Waals surface area contributed by atoms with Gasteiger partial charge in [-0.05, 0) is 52.3 Å². The Morgan fingerprint density at radius 2 is 1.84 bits per heavy atom. The van der Waals surface area contributed by atoms with E-state index in [4.69, 9.17) is 26.6 Å². The molecule has 1 saturated heterocycles. The van der Waals surface area contributed by atoms with Gasteiger partial charge < -0.3 is 15.0 Å². The Balaban J connectivity index is 2.39. The number of aromatic nitrogens is 1. The van der Waals surface area contributed by atoms with Crippen LogP contribution in [0.3, 0.4) is 0 Å². The summed E-state index contributed by atoms with van der Waals surface area (Å²) in [7, 11) is -0.493. The number of hydrogen-bond acceptors (Lipinski definition) is 4. The summed E-state index contributed by atoms with van der Waals surface area (Å²) in [6.45, 7) is 8.60. The van der Waals surface area contributed by atoms with Gasteiger partial charge in [0, 0.05) is 11.7 Å². The lowest BCUT2D eigenvalue weighted by Crippen LogP contribution is -2.41. The lowest BCUT2D eigenvalue weighted by Gasteiger charge is -2.32. The molecule has 0 aromatic carbocycles. The van der Waals surface area contributed by atoms with Crippen LogP contribution in [0.4, 0.5) is 0 Å². The molecule has 0 bridgehead atoms. The maximum atomic E-state index is 6.22. The first-order valence-corrected chi connectivity index (χ1v) is 6.85. The molecule has 104 valence electrons. The Labute approximate surface area is 119 Å². The zero-order valence-corrected chi connectivity index (χ0v) is 12.6. The van der Waals surface area contributed by atoms with Gasteiger partial charge in [-0.3, -0.25) is 0 Å². The third-order valence-corrected chi connectivity index (χ3v) is 4.24. The van der Waals surface area contributed by atoms with E-state index in [1.54, 1.807) is 6.20 Å². The van der Waals surface area contributed by atoms with Crippen molar-refractivity contribution in [3.05, 3.63) is 23.0 Å². The van der Waals surface area contributed by atoms with Crippen LogP contribution in [0.1, 0.15) is 33.3 Å². The van der Waals surface area contributed by atoms with Gasteiger partial charge in [-0.25, -0.2) is 4.98 Å². The molecule has 1 aromatic rings. The average Bonchev–Trinajstić information content (AvgIpc) is 2.48. The monoisotopic (exact) mass is 282 g/mol. The topological polar surface area (TPSA) is 57.4 Å². The molecule has 1 aliphatic rings. The molecule has 0 unspecified atom stereocenters. The zero-order valence-electron chi connectivity index (χ0n) is 11.9. The first kappa shape index (κ1) is 14.8. The standard InChI is InChI=1S/C13H20BClN2O2/c1-12(2)13(3,4)19-14(18-12)10-9(5-7-16)6-8-17-11(10)15/h6,8H,5,7,16H2,1-4H3. The van der Waals surface area contributed by atoms with Gasteiger partial charge in [-0.2, -0.15) is 0 Å². The molecule has 0 saturated carbocycles. The summed E-state index contributed by atoms with van der Waals surface area (Å²) in [6, 6.07) is 1.92. The van der Waals surface area contributed by atoms with Crippen molar-refractivity contribution in [1.29, 1.82) is 0 Å². The average molecular weight is 283 g/mol. The van der Waals surface area contributed by atoms with E-state index in [9.17, 15) is 0 Å². The van der Waals surface area contributed by atoms with Gasteiger partial charge in [0.05, 0.1) is 11.2 Å². The fraction of sp³-hybridized carbons (Fsp3) is 0.615. The predicted molar refractivity (Wildman–Crippen MR) is 77.7 cm³/mol. The molecular weight excluding hydrogens is 262 g/mol. The number of nitrogens with zero attached hydrogens (tertiary/aromatic N) is 1. The molecular formula is C13H20BClN2O2. The van der Waals surface area contributed by atoms with Crippen LogP contribution >= 0.6 is 11.6 Å². The molecule has 2 rings (SSSR count). The smallest absolute Gasteiger partial charge is 0.399 e. The van der Waals surface area contributed by atoms with Crippen molar-refractivity contribution in [2.45, 2.75) is 45.3 Å². The summed E-state index contributed by atoms with van der Waals surface area (Å²) in [5.74, 6) is 0. The molecule has 2 N–H and O–H groups in total. The Morgan fingerprint density at radius 1 is 1.26 bits per heavy atom. The zero-order chi connectivity index (χ0) is 14.3. The van der Waals surface area contributed by atoms with Crippen LogP contribution in [0, 0.1) is 0 Å². The van der Waals surface area contributed by atoms with Gasteiger partial charge in [0.1, 0.15) is 5.15 Å². The van der Waals surface area contributed by atoms with E-state index in [0.29, 0.717) is 11.7 Å². The van der Waals surface area contributed by atoms with Crippen LogP contribution in [-0.2, 0) is 15.7 Å². The fourth-order valence-corrected chi connectivity index (χ4v) is 2.33. The van der Waals surface area contributed by atoms with Gasteiger partial charge in [0.25, 0.3) is 0 Å². The minimum Gasteiger partial charge on any atom is -0.399 e. The Morgan fingerprint density at radius 3 is 2.37 bits per heavy atom. The molecule has 0 aliphatic carbocycles. The SMILES string of the molecule is CC1(C)OB(c2c(CCN)ccnc2Cl)OC1(C)C. The third kappa shape index (κ3) is 2.65. The molecule has 1 aromatic heterocycles. The maximum absolute atomic E-state index is 6.22. The Bertz CT molecular complexity index is 464. The molecule has 1 aliphatic heterocycles. The maximum Gasteiger partial charge on any atom is 0.498 e. The van der Waals surface area contributed by atoms with Gasteiger partial charge >= 0.3 is 7.12 Å². The van der Waals surface area contributed by atoms with Crippen molar-refractivity contribution in [3.8, 4) is 0 Å². The number of nitrogens with two attached hydrogens (primary N) is 1. The van der Waals surface area contributed by atoms with Crippen molar-refractivity contribution in [2.75, 3.05) is 6.54 Å². The van der Waals surface area contributed by atoms with Crippen LogP contribution < -0.4 is 11.2 Å². The fourth-order valence-electron chi connectivity index (χ4n) is 2.07. The Hall–Kier alpha value is -0.615. The first-order valence-electron chi connectivity index (χ1n) is 6.47. The molecule has 1 fully saturated rings. The van der Waals surface area contributed by atoms with E-state index in [1.165, 1.54) is 0 Å². The van der Waals surface area contributed by atoms with Crippen molar-refractivity contribution >= 4 is 24.2 Å². The third-order valence-electron chi connectivity index (χ3n) is 3.93. The minimum atomic E-state index is -0.493. The highest BCUT2D eigenvalue weighted by Crippen LogP contribution is 2.37. The van der Waals surface area contributed by atoms with Crippen molar-refractivity contribution in [2.24, 2.45) is 5.73 Å². The Kier molecular flexibility index (Phi) is 3.93. The van der Waals surface area contributed by atoms with Crippen molar-refractivity contribution < 1.29 is 9.31 Å². The quantitative estimate of drug-likeness (QED) is 0.675. The molecule has 0 spiro atoms. The van der Waals surface area contributed by atoms with Gasteiger partial charge in [-0.1, -0.05) is 11.6 Å². The normalized spacial score (nSPS) is 20.8. The number of hydrogen-bond donors (Lipinski definition) is 1. The molecule has 4 nitrogen and oxygen atoms in total. The molecule has 6 heteroatoms. The van der Waals surface area contributed by atoms with Crippen LogP contribution in [0.15, 0.2) is 12.3 Å². The summed E-state index contributed by atoms with van der Waals surface area (Å²) in [4.78, 5) is 4.13. The number of rotatable bonds is 3. The second kappa shape index (κ2) is 5.06. The molecule has 19 heavy (non-hydrogen) atoms. The summed E-state index contributed by atoms with van der Waals surface area (Å²) < 4.78 is 12.1. The van der Waals surface area contributed by atoms with Crippen LogP contribution in [0.2, 0.25) is 5.15 Å². The van der Waals surface area contributed by atoms with Crippen molar-refractivity contribution in [3.63, 3.8) is 0 Å². The van der Waals surface area contributed by atoms with Gasteiger partial charge in [-0.15, -0.1) is 0 Å². The summed E-state index contributed by atoms with van der Waals surface area (Å²) in [5.41, 5.74) is 6.68. The lowest BCUT2D eigenvalue weighted by molar-refractivity contribution is 0.00578. The van der Waals surface area contributed by atoms with E-state index < -0.39 is 18.3 Å². The highest BCUT2D eigenvalue weighted by atomic mass is 35.5. The van der Waals surface area contributed by atoms with E-state index in [0.717, 1.165) is 17.4 Å². The van der Waals surface area contributed by atoms with E-state index in [-0.39, 0.29) is 0 Å². The summed E-state index contributed by atoms with van der Waals surface area (Å²) in [5, 5.41) is 0.421. The summed E-state index contributed by atoms with van der Waals surface area (Å²) in [6.07, 6.45) is 2.41. The summed E-state index contributed by atoms with van der Waals surface area (Å²) >= 11 is 6.22. The van der Waals surface area contributed by atoms with E-state index >= 15 is 0 Å². The second-order valence-electron chi connectivity index (χ2n) is 5.80. The number of halogens is 1. The molecule has 2 heterocycles. The van der Waals surface area contributed by atoms with Crippen LogP contribution in [-0.4, -0.2) is 29.8 Å². The van der Waals surface area contributed by atoms with Gasteiger partial charge in [0.2, 0.25) is 0 Å².